The number of pyridine rings is 2. The Kier molecular flexibility index (Phi) is 6.01. The van der Waals surface area contributed by atoms with Gasteiger partial charge in [-0.3, -0.25) is 0 Å². The Labute approximate surface area is 201 Å². The third kappa shape index (κ3) is 4.90. The van der Waals surface area contributed by atoms with Gasteiger partial charge >= 0.3 is 0 Å². The van der Waals surface area contributed by atoms with Crippen LogP contribution in [0.15, 0.2) is 73.3 Å². The zero-order valence-electron chi connectivity index (χ0n) is 21.2. The molecule has 7 heteroatoms. The van der Waals surface area contributed by atoms with E-state index in [2.05, 4.69) is 135 Å². The molecule has 0 fully saturated rings. The van der Waals surface area contributed by atoms with Crippen molar-refractivity contribution in [3.8, 4) is 11.6 Å². The second-order valence-corrected chi connectivity index (χ2v) is 25.9. The Morgan fingerprint density at radius 3 is 1.27 bits per heavy atom. The second-order valence-electron chi connectivity index (χ2n) is 11.5. The van der Waals surface area contributed by atoms with E-state index in [-0.39, 0.29) is 0 Å². The average molecular weight is 489 g/mol. The molecule has 0 radical (unpaired) electrons. The standard InChI is InChI=1S/C26H36N4Si3/c1-31(2,3)21-15-17-29(19-21)23-11-9-13-25(27-23)33(7,8)26-14-10-12-24(28-26)30-18-16-22(20-30)32(4,5)6/h9-20H,1-8H3. The third-order valence-electron chi connectivity index (χ3n) is 6.40. The van der Waals surface area contributed by atoms with Gasteiger partial charge in [-0.2, -0.15) is 0 Å². The quantitative estimate of drug-likeness (QED) is 0.385. The smallest absolute Gasteiger partial charge is 0.158 e. The van der Waals surface area contributed by atoms with Crippen LogP contribution in [0.5, 0.6) is 0 Å². The molecule has 0 bridgehead atoms. The molecule has 4 rings (SSSR count). The predicted molar refractivity (Wildman–Crippen MR) is 150 cm³/mol. The largest absolute Gasteiger partial charge is 0.309 e. The van der Waals surface area contributed by atoms with Crippen LogP contribution in [0.1, 0.15) is 0 Å². The van der Waals surface area contributed by atoms with Crippen LogP contribution >= 0.6 is 0 Å². The van der Waals surface area contributed by atoms with Crippen molar-refractivity contribution in [1.82, 2.24) is 19.1 Å². The van der Waals surface area contributed by atoms with E-state index in [0.717, 1.165) is 22.3 Å². The van der Waals surface area contributed by atoms with Crippen molar-refractivity contribution >= 4 is 45.2 Å². The molecule has 4 heterocycles. The molecule has 0 aliphatic carbocycles. The fourth-order valence-corrected chi connectivity index (χ4v) is 8.21. The minimum absolute atomic E-state index is 0.985. The van der Waals surface area contributed by atoms with Gasteiger partial charge in [-0.15, -0.1) is 0 Å². The summed E-state index contributed by atoms with van der Waals surface area (Å²) in [6, 6.07) is 17.3. The summed E-state index contributed by atoms with van der Waals surface area (Å²) in [5.41, 5.74) is 0. The van der Waals surface area contributed by atoms with Crippen molar-refractivity contribution in [2.75, 3.05) is 0 Å². The number of nitrogens with zero attached hydrogens (tertiary/aromatic N) is 4. The summed E-state index contributed by atoms with van der Waals surface area (Å²) in [6.07, 6.45) is 8.81. The molecule has 0 saturated heterocycles. The Bertz CT molecular complexity index is 1180. The Balaban J connectivity index is 1.68. The van der Waals surface area contributed by atoms with E-state index in [1.165, 1.54) is 10.4 Å². The Morgan fingerprint density at radius 1 is 0.545 bits per heavy atom. The summed E-state index contributed by atoms with van der Waals surface area (Å²) in [5.74, 6) is 1.97. The highest BCUT2D eigenvalue weighted by Crippen LogP contribution is 2.11. The topological polar surface area (TPSA) is 35.6 Å². The maximum atomic E-state index is 5.12. The van der Waals surface area contributed by atoms with Gasteiger partial charge in [0.15, 0.2) is 8.07 Å². The van der Waals surface area contributed by atoms with Crippen LogP contribution in [0.25, 0.3) is 11.6 Å². The minimum atomic E-state index is -2.08. The van der Waals surface area contributed by atoms with E-state index in [9.17, 15) is 0 Å². The van der Waals surface area contributed by atoms with Crippen LogP contribution in [0, 0.1) is 0 Å². The van der Waals surface area contributed by atoms with E-state index in [4.69, 9.17) is 9.97 Å². The lowest BCUT2D eigenvalue weighted by molar-refractivity contribution is 1.01. The van der Waals surface area contributed by atoms with Crippen molar-refractivity contribution < 1.29 is 0 Å². The molecule has 0 spiro atoms. The van der Waals surface area contributed by atoms with Gasteiger partial charge < -0.3 is 9.13 Å². The summed E-state index contributed by atoms with van der Waals surface area (Å²) in [7, 11) is -4.77. The molecule has 0 aromatic carbocycles. The van der Waals surface area contributed by atoms with E-state index in [0.29, 0.717) is 0 Å². The zero-order valence-corrected chi connectivity index (χ0v) is 24.2. The van der Waals surface area contributed by atoms with Gasteiger partial charge in [0.1, 0.15) is 11.6 Å². The zero-order chi connectivity index (χ0) is 24.0. The molecule has 33 heavy (non-hydrogen) atoms. The lowest BCUT2D eigenvalue weighted by atomic mass is 10.4. The van der Waals surface area contributed by atoms with Crippen LogP contribution in [-0.4, -0.2) is 43.3 Å². The maximum Gasteiger partial charge on any atom is 0.158 e. The molecule has 4 nitrogen and oxygen atoms in total. The second kappa shape index (κ2) is 8.38. The summed E-state index contributed by atoms with van der Waals surface area (Å²) in [6.45, 7) is 19.0. The Morgan fingerprint density at radius 2 is 0.939 bits per heavy atom. The molecule has 172 valence electrons. The maximum absolute atomic E-state index is 5.12. The molecule has 0 aliphatic heterocycles. The summed E-state index contributed by atoms with van der Waals surface area (Å²) in [5, 5.41) is 5.21. The first-order chi connectivity index (χ1) is 15.4. The first-order valence-electron chi connectivity index (χ1n) is 11.7. The molecule has 0 N–H and O–H groups in total. The normalized spacial score (nSPS) is 12.8. The predicted octanol–water partition coefficient (Wildman–Crippen LogP) is 3.97. The van der Waals surface area contributed by atoms with Crippen LogP contribution in [0.2, 0.25) is 52.4 Å². The number of rotatable bonds is 6. The lowest BCUT2D eigenvalue weighted by Crippen LogP contribution is -2.55. The average Bonchev–Trinajstić information content (AvgIpc) is 3.44. The number of aromatic nitrogens is 4. The van der Waals surface area contributed by atoms with Crippen molar-refractivity contribution in [1.29, 1.82) is 0 Å². The van der Waals surface area contributed by atoms with Crippen LogP contribution in [-0.2, 0) is 0 Å². The molecule has 0 atom stereocenters. The van der Waals surface area contributed by atoms with Crippen LogP contribution in [0.4, 0.5) is 0 Å². The van der Waals surface area contributed by atoms with Gasteiger partial charge in [0.2, 0.25) is 0 Å². The van der Waals surface area contributed by atoms with Crippen molar-refractivity contribution in [3.05, 3.63) is 73.3 Å². The monoisotopic (exact) mass is 488 g/mol. The molecule has 0 aliphatic rings. The van der Waals surface area contributed by atoms with E-state index < -0.39 is 24.2 Å². The summed E-state index contributed by atoms with van der Waals surface area (Å²) < 4.78 is 4.34. The van der Waals surface area contributed by atoms with Gasteiger partial charge in [-0.1, -0.05) is 64.5 Å². The highest BCUT2D eigenvalue weighted by molar-refractivity contribution is 6.99. The van der Waals surface area contributed by atoms with E-state index in [1.54, 1.807) is 0 Å². The van der Waals surface area contributed by atoms with Crippen molar-refractivity contribution in [2.24, 2.45) is 0 Å². The van der Waals surface area contributed by atoms with Gasteiger partial charge in [-0.05, 0) is 46.8 Å². The Hall–Kier alpha value is -2.49. The first-order valence-corrected chi connectivity index (χ1v) is 21.7. The molecule has 4 aromatic heterocycles. The SMILES string of the molecule is C[Si](C)(C)c1ccn(-c2cccc([Si](C)(C)c3cccc(-n4ccc([Si](C)(C)C)c4)n3)n2)c1. The van der Waals surface area contributed by atoms with Crippen molar-refractivity contribution in [3.63, 3.8) is 0 Å². The van der Waals surface area contributed by atoms with Crippen LogP contribution in [0.3, 0.4) is 0 Å². The van der Waals surface area contributed by atoms with E-state index in [1.807, 2.05) is 0 Å². The third-order valence-corrected chi connectivity index (χ3v) is 13.6. The van der Waals surface area contributed by atoms with Crippen molar-refractivity contribution in [2.45, 2.75) is 52.4 Å². The molecular weight excluding hydrogens is 453 g/mol. The fourth-order valence-electron chi connectivity index (χ4n) is 3.93. The van der Waals surface area contributed by atoms with Crippen LogP contribution < -0.4 is 21.0 Å². The first kappa shape index (κ1) is 23.7. The highest BCUT2D eigenvalue weighted by atomic mass is 28.3. The van der Waals surface area contributed by atoms with Gasteiger partial charge in [0.25, 0.3) is 0 Å². The number of hydrogen-bond acceptors (Lipinski definition) is 2. The summed E-state index contributed by atoms with van der Waals surface area (Å²) in [4.78, 5) is 10.2. The molecule has 0 saturated carbocycles. The molecular formula is C26H36N4Si3. The van der Waals surface area contributed by atoms with Gasteiger partial charge in [0.05, 0.1) is 16.1 Å². The van der Waals surface area contributed by atoms with Gasteiger partial charge in [-0.25, -0.2) is 9.97 Å². The minimum Gasteiger partial charge on any atom is -0.309 e. The lowest BCUT2D eigenvalue weighted by Gasteiger charge is -2.22. The molecule has 0 unspecified atom stereocenters. The summed E-state index contributed by atoms with van der Waals surface area (Å²) >= 11 is 0. The highest BCUT2D eigenvalue weighted by Gasteiger charge is 2.30. The van der Waals surface area contributed by atoms with Gasteiger partial charge in [0, 0.05) is 35.4 Å². The molecule has 0 amide bonds. The number of hydrogen-bond donors (Lipinski definition) is 0. The van der Waals surface area contributed by atoms with E-state index >= 15 is 0 Å². The fraction of sp³-hybridized carbons (Fsp3) is 0.308. The molecule has 4 aromatic rings.